The summed E-state index contributed by atoms with van der Waals surface area (Å²) in [6, 6.07) is 19.3. The van der Waals surface area contributed by atoms with Gasteiger partial charge in [0.05, 0.1) is 22.3 Å². The average molecular weight is 389 g/mol. The maximum atomic E-state index is 12.9. The lowest BCUT2D eigenvalue weighted by Crippen LogP contribution is -2.21. The summed E-state index contributed by atoms with van der Waals surface area (Å²) < 4.78 is 5.97. The summed E-state index contributed by atoms with van der Waals surface area (Å²) in [5, 5.41) is 1.37. The quantitative estimate of drug-likeness (QED) is 0.482. The van der Waals surface area contributed by atoms with Gasteiger partial charge < -0.3 is 10.2 Å². The number of carbonyl (C=O) groups excluding carboxylic acids is 1. The predicted octanol–water partition coefficient (Wildman–Crippen LogP) is 5.64. The molecular weight excluding hydrogens is 372 g/mol. The first-order valence-electron chi connectivity index (χ1n) is 9.16. The molecule has 0 amide bonds. The van der Waals surface area contributed by atoms with Gasteiger partial charge in [-0.2, -0.15) is 0 Å². The molecule has 2 aromatic heterocycles. The monoisotopic (exact) mass is 388 g/mol. The van der Waals surface area contributed by atoms with Crippen LogP contribution in [0.1, 0.15) is 34.0 Å². The second-order valence-corrected chi connectivity index (χ2v) is 7.56. The summed E-state index contributed by atoms with van der Waals surface area (Å²) in [5.41, 5.74) is 10.6. The minimum absolute atomic E-state index is 0.0237. The Hall–Kier alpha value is -3.11. The summed E-state index contributed by atoms with van der Waals surface area (Å²) in [6.45, 7) is 0. The maximum Gasteiger partial charge on any atom is 0.229 e. The molecule has 0 fully saturated rings. The van der Waals surface area contributed by atoms with Gasteiger partial charge in [-0.05, 0) is 36.1 Å². The van der Waals surface area contributed by atoms with Gasteiger partial charge in [-0.3, -0.25) is 4.79 Å². The molecule has 2 aromatic carbocycles. The van der Waals surface area contributed by atoms with E-state index in [0.29, 0.717) is 51.7 Å². The molecule has 0 aliphatic heterocycles. The second kappa shape index (κ2) is 6.50. The smallest absolute Gasteiger partial charge is 0.229 e. The van der Waals surface area contributed by atoms with Crippen LogP contribution in [0.5, 0.6) is 0 Å². The van der Waals surface area contributed by atoms with Gasteiger partial charge in [0.2, 0.25) is 5.71 Å². The van der Waals surface area contributed by atoms with Crippen LogP contribution in [0.3, 0.4) is 0 Å². The average Bonchev–Trinajstić information content (AvgIpc) is 3.13. The Bertz CT molecular complexity index is 1200. The van der Waals surface area contributed by atoms with Crippen molar-refractivity contribution < 1.29 is 9.21 Å². The molecular formula is C23H17ClN2O2. The highest BCUT2D eigenvalue weighted by molar-refractivity contribution is 6.30. The third-order valence-electron chi connectivity index (χ3n) is 5.35. The van der Waals surface area contributed by atoms with Crippen LogP contribution in [0.4, 0.5) is 5.69 Å². The van der Waals surface area contributed by atoms with Crippen molar-refractivity contribution in [3.63, 3.8) is 0 Å². The number of nitrogen functional groups attached to an aromatic ring is 1. The number of rotatable bonds is 2. The van der Waals surface area contributed by atoms with Crippen molar-refractivity contribution in [1.82, 2.24) is 4.98 Å². The Labute approximate surface area is 166 Å². The van der Waals surface area contributed by atoms with Crippen molar-refractivity contribution in [3.05, 3.63) is 82.5 Å². The van der Waals surface area contributed by atoms with E-state index in [-0.39, 0.29) is 11.7 Å². The number of carbonyl (C=O) groups is 1. The highest BCUT2D eigenvalue weighted by Gasteiger charge is 2.31. The van der Waals surface area contributed by atoms with E-state index < -0.39 is 0 Å². The lowest BCUT2D eigenvalue weighted by Gasteiger charge is -2.24. The Morgan fingerprint density at radius 2 is 1.79 bits per heavy atom. The van der Waals surface area contributed by atoms with E-state index >= 15 is 0 Å². The Morgan fingerprint density at radius 1 is 1.04 bits per heavy atom. The van der Waals surface area contributed by atoms with Gasteiger partial charge in [-0.15, -0.1) is 0 Å². The van der Waals surface area contributed by atoms with Crippen molar-refractivity contribution in [2.24, 2.45) is 0 Å². The van der Waals surface area contributed by atoms with Gasteiger partial charge in [0, 0.05) is 17.0 Å². The standard InChI is InChI=1S/C23H17ClN2O2/c24-16-8-6-13(7-9-16)15-10-18-21(19(27)11-15)22(25)17-12-20(28-23(17)26-18)14-4-2-1-3-5-14/h1-9,12,15H,10-11H2,(H2,25,26). The number of fused-ring (bicyclic) bond motifs is 2. The first kappa shape index (κ1) is 17.0. The molecule has 2 N–H and O–H groups in total. The van der Waals surface area contributed by atoms with Crippen molar-refractivity contribution in [1.29, 1.82) is 0 Å². The molecule has 5 rings (SSSR count). The van der Waals surface area contributed by atoms with E-state index in [1.807, 2.05) is 60.7 Å². The fraction of sp³-hybridized carbons (Fsp3) is 0.130. The second-order valence-electron chi connectivity index (χ2n) is 7.12. The van der Waals surface area contributed by atoms with Gasteiger partial charge in [-0.25, -0.2) is 4.98 Å². The van der Waals surface area contributed by atoms with Crippen LogP contribution in [0.15, 0.2) is 65.1 Å². The minimum atomic E-state index is 0.0237. The number of aromatic nitrogens is 1. The number of halogens is 1. The van der Waals surface area contributed by atoms with E-state index in [4.69, 9.17) is 21.8 Å². The number of hydrogen-bond donors (Lipinski definition) is 1. The van der Waals surface area contributed by atoms with Crippen molar-refractivity contribution in [2.45, 2.75) is 18.8 Å². The van der Waals surface area contributed by atoms with Crippen molar-refractivity contribution in [2.75, 3.05) is 5.73 Å². The highest BCUT2D eigenvalue weighted by atomic mass is 35.5. The van der Waals surface area contributed by atoms with Crippen molar-refractivity contribution in [3.8, 4) is 11.3 Å². The number of ketones is 1. The highest BCUT2D eigenvalue weighted by Crippen LogP contribution is 2.39. The van der Waals surface area contributed by atoms with Crippen LogP contribution in [-0.4, -0.2) is 10.8 Å². The van der Waals surface area contributed by atoms with E-state index in [1.54, 1.807) is 0 Å². The molecule has 2 heterocycles. The number of benzene rings is 2. The first-order valence-corrected chi connectivity index (χ1v) is 9.54. The van der Waals surface area contributed by atoms with Gasteiger partial charge in [0.1, 0.15) is 5.76 Å². The minimum Gasteiger partial charge on any atom is -0.438 e. The molecule has 1 atom stereocenters. The molecule has 1 aliphatic rings. The van der Waals surface area contributed by atoms with Gasteiger partial charge >= 0.3 is 0 Å². The molecule has 0 saturated heterocycles. The van der Waals surface area contributed by atoms with E-state index in [9.17, 15) is 4.79 Å². The van der Waals surface area contributed by atoms with Crippen LogP contribution < -0.4 is 5.73 Å². The number of furan rings is 1. The third kappa shape index (κ3) is 2.77. The SMILES string of the molecule is Nc1c2c(nc3oc(-c4ccccc4)cc13)CC(c1ccc(Cl)cc1)CC2=O. The third-order valence-corrected chi connectivity index (χ3v) is 5.60. The molecule has 0 saturated carbocycles. The topological polar surface area (TPSA) is 69.1 Å². The van der Waals surface area contributed by atoms with Gasteiger partial charge in [0.25, 0.3) is 0 Å². The van der Waals surface area contributed by atoms with E-state index in [0.717, 1.165) is 11.1 Å². The zero-order valence-electron chi connectivity index (χ0n) is 15.0. The van der Waals surface area contributed by atoms with E-state index in [2.05, 4.69) is 4.98 Å². The van der Waals surface area contributed by atoms with Crippen LogP contribution in [0.2, 0.25) is 5.02 Å². The Balaban J connectivity index is 1.60. The van der Waals surface area contributed by atoms with Crippen LogP contribution in [0, 0.1) is 0 Å². The maximum absolute atomic E-state index is 12.9. The molecule has 4 aromatic rings. The molecule has 0 radical (unpaired) electrons. The summed E-state index contributed by atoms with van der Waals surface area (Å²) in [5.74, 6) is 0.777. The summed E-state index contributed by atoms with van der Waals surface area (Å²) in [4.78, 5) is 17.6. The van der Waals surface area contributed by atoms with Crippen LogP contribution in [0.25, 0.3) is 22.4 Å². The van der Waals surface area contributed by atoms with Gasteiger partial charge in [0.15, 0.2) is 5.78 Å². The number of hydrogen-bond acceptors (Lipinski definition) is 4. The van der Waals surface area contributed by atoms with Crippen LogP contribution in [-0.2, 0) is 6.42 Å². The predicted molar refractivity (Wildman–Crippen MR) is 111 cm³/mol. The molecule has 0 spiro atoms. The van der Waals surface area contributed by atoms with Crippen molar-refractivity contribution >= 4 is 34.2 Å². The fourth-order valence-electron chi connectivity index (χ4n) is 3.93. The lowest BCUT2D eigenvalue weighted by molar-refractivity contribution is 0.0964. The van der Waals surface area contributed by atoms with Crippen LogP contribution >= 0.6 is 11.6 Å². The molecule has 0 bridgehead atoms. The molecule has 4 nitrogen and oxygen atoms in total. The molecule has 5 heteroatoms. The number of Topliss-reactive ketones (excluding diaryl/α,β-unsaturated/α-hetero) is 1. The first-order chi connectivity index (χ1) is 13.6. The number of pyridine rings is 1. The number of nitrogens with two attached hydrogens (primary N) is 1. The molecule has 138 valence electrons. The Kier molecular flexibility index (Phi) is 3.95. The Morgan fingerprint density at radius 3 is 2.54 bits per heavy atom. The molecule has 1 unspecified atom stereocenters. The largest absolute Gasteiger partial charge is 0.438 e. The molecule has 28 heavy (non-hydrogen) atoms. The summed E-state index contributed by atoms with van der Waals surface area (Å²) in [6.07, 6.45) is 1.06. The fourth-order valence-corrected chi connectivity index (χ4v) is 4.06. The lowest BCUT2D eigenvalue weighted by atomic mass is 9.81. The zero-order chi connectivity index (χ0) is 19.3. The van der Waals surface area contributed by atoms with E-state index in [1.165, 1.54) is 0 Å². The van der Waals surface area contributed by atoms with Gasteiger partial charge in [-0.1, -0.05) is 54.1 Å². The number of anilines is 1. The summed E-state index contributed by atoms with van der Waals surface area (Å²) >= 11 is 5.99. The zero-order valence-corrected chi connectivity index (χ0v) is 15.7. The number of nitrogens with zero attached hydrogens (tertiary/aromatic N) is 1. The normalized spacial score (nSPS) is 16.3. The molecule has 1 aliphatic carbocycles. The summed E-state index contributed by atoms with van der Waals surface area (Å²) in [7, 11) is 0.